The molecular weight excluding hydrogens is 372 g/mol. The van der Waals surface area contributed by atoms with Gasteiger partial charge in [0, 0.05) is 38.2 Å². The monoisotopic (exact) mass is 396 g/mol. The lowest BCUT2D eigenvalue weighted by molar-refractivity contribution is 0.202. The van der Waals surface area contributed by atoms with E-state index < -0.39 is 0 Å². The number of thiocarbonyl (C=S) groups is 1. The van der Waals surface area contributed by atoms with E-state index in [2.05, 4.69) is 15.3 Å². The Bertz CT molecular complexity index is 1000. The SMILES string of the molecule is COCCNC(=S)N(Cc1cccnc1)Cc1cc2cccc(C)c2[nH]c1=O. The minimum atomic E-state index is -0.0994. The van der Waals surface area contributed by atoms with Crippen LogP contribution in [0.4, 0.5) is 0 Å². The Hall–Kier alpha value is -2.77. The number of hydrogen-bond donors (Lipinski definition) is 2. The van der Waals surface area contributed by atoms with Crippen LogP contribution in [0.5, 0.6) is 0 Å². The van der Waals surface area contributed by atoms with E-state index >= 15 is 0 Å². The molecule has 0 radical (unpaired) electrons. The molecule has 0 spiro atoms. The van der Waals surface area contributed by atoms with Crippen LogP contribution in [0.1, 0.15) is 16.7 Å². The van der Waals surface area contributed by atoms with E-state index in [0.717, 1.165) is 22.0 Å². The summed E-state index contributed by atoms with van der Waals surface area (Å²) < 4.78 is 5.08. The molecule has 0 fully saturated rings. The molecule has 146 valence electrons. The van der Waals surface area contributed by atoms with E-state index in [1.54, 1.807) is 19.5 Å². The van der Waals surface area contributed by atoms with Gasteiger partial charge in [-0.1, -0.05) is 24.3 Å². The van der Waals surface area contributed by atoms with Gasteiger partial charge in [-0.05, 0) is 47.8 Å². The van der Waals surface area contributed by atoms with Crippen LogP contribution in [-0.2, 0) is 17.8 Å². The number of fused-ring (bicyclic) bond motifs is 1. The number of para-hydroxylation sites is 1. The highest BCUT2D eigenvalue weighted by Crippen LogP contribution is 2.16. The van der Waals surface area contributed by atoms with E-state index in [-0.39, 0.29) is 5.56 Å². The van der Waals surface area contributed by atoms with Crippen LogP contribution in [0.25, 0.3) is 10.9 Å². The fourth-order valence-electron chi connectivity index (χ4n) is 3.04. The topological polar surface area (TPSA) is 70.2 Å². The number of nitrogens with zero attached hydrogens (tertiary/aromatic N) is 2. The molecule has 28 heavy (non-hydrogen) atoms. The average molecular weight is 397 g/mol. The number of pyridine rings is 2. The molecule has 1 aromatic carbocycles. The molecule has 0 bridgehead atoms. The van der Waals surface area contributed by atoms with E-state index in [4.69, 9.17) is 17.0 Å². The fourth-order valence-corrected chi connectivity index (χ4v) is 3.27. The number of methoxy groups -OCH3 is 1. The number of nitrogens with one attached hydrogen (secondary N) is 2. The van der Waals surface area contributed by atoms with Gasteiger partial charge in [0.05, 0.1) is 18.7 Å². The molecule has 0 atom stereocenters. The zero-order chi connectivity index (χ0) is 19.9. The second-order valence-electron chi connectivity index (χ2n) is 6.60. The highest BCUT2D eigenvalue weighted by atomic mass is 32.1. The van der Waals surface area contributed by atoms with Crippen LogP contribution < -0.4 is 10.9 Å². The van der Waals surface area contributed by atoms with Gasteiger partial charge in [0.1, 0.15) is 0 Å². The van der Waals surface area contributed by atoms with Gasteiger partial charge in [0.2, 0.25) is 0 Å². The van der Waals surface area contributed by atoms with Gasteiger partial charge >= 0.3 is 0 Å². The quantitative estimate of drug-likeness (QED) is 0.473. The first-order valence-corrected chi connectivity index (χ1v) is 9.51. The normalized spacial score (nSPS) is 10.8. The van der Waals surface area contributed by atoms with Crippen molar-refractivity contribution in [1.29, 1.82) is 0 Å². The maximum Gasteiger partial charge on any atom is 0.253 e. The Labute approximate surface area is 169 Å². The van der Waals surface area contributed by atoms with E-state index in [9.17, 15) is 4.79 Å². The number of hydrogen-bond acceptors (Lipinski definition) is 4. The lowest BCUT2D eigenvalue weighted by Crippen LogP contribution is -2.41. The summed E-state index contributed by atoms with van der Waals surface area (Å²) in [6.07, 6.45) is 3.54. The van der Waals surface area contributed by atoms with Crippen LogP contribution in [-0.4, -0.2) is 40.2 Å². The molecule has 2 heterocycles. The minimum absolute atomic E-state index is 0.0994. The van der Waals surface area contributed by atoms with Crippen LogP contribution in [0, 0.1) is 6.92 Å². The molecule has 2 N–H and O–H groups in total. The second kappa shape index (κ2) is 9.43. The number of aromatic nitrogens is 2. The van der Waals surface area contributed by atoms with Gasteiger partial charge in [0.15, 0.2) is 5.11 Å². The molecule has 2 aromatic heterocycles. The van der Waals surface area contributed by atoms with Crippen molar-refractivity contribution < 1.29 is 4.74 Å². The molecular formula is C21H24N4O2S. The lowest BCUT2D eigenvalue weighted by atomic mass is 10.1. The van der Waals surface area contributed by atoms with Crippen LogP contribution in [0.15, 0.2) is 53.6 Å². The van der Waals surface area contributed by atoms with Crippen molar-refractivity contribution in [3.63, 3.8) is 0 Å². The van der Waals surface area contributed by atoms with Crippen molar-refractivity contribution in [1.82, 2.24) is 20.2 Å². The molecule has 0 unspecified atom stereocenters. The van der Waals surface area contributed by atoms with Crippen molar-refractivity contribution in [2.75, 3.05) is 20.3 Å². The molecule has 3 aromatic rings. The van der Waals surface area contributed by atoms with Gasteiger partial charge in [-0.2, -0.15) is 0 Å². The van der Waals surface area contributed by atoms with Gasteiger partial charge in [0.25, 0.3) is 5.56 Å². The summed E-state index contributed by atoms with van der Waals surface area (Å²) in [5.74, 6) is 0. The molecule has 0 amide bonds. The van der Waals surface area contributed by atoms with Gasteiger partial charge < -0.3 is 19.9 Å². The smallest absolute Gasteiger partial charge is 0.253 e. The first-order valence-electron chi connectivity index (χ1n) is 9.10. The zero-order valence-electron chi connectivity index (χ0n) is 16.1. The first-order chi connectivity index (χ1) is 13.6. The molecule has 7 heteroatoms. The Balaban J connectivity index is 1.87. The van der Waals surface area contributed by atoms with Gasteiger partial charge in [-0.25, -0.2) is 0 Å². The molecule has 3 rings (SSSR count). The number of H-pyrrole nitrogens is 1. The number of ether oxygens (including phenoxy) is 1. The molecule has 6 nitrogen and oxygen atoms in total. The van der Waals surface area contributed by atoms with Crippen molar-refractivity contribution >= 4 is 28.2 Å². The summed E-state index contributed by atoms with van der Waals surface area (Å²) in [4.78, 5) is 21.8. The predicted molar refractivity (Wildman–Crippen MR) is 115 cm³/mol. The second-order valence-corrected chi connectivity index (χ2v) is 6.99. The van der Waals surface area contributed by atoms with Crippen molar-refractivity contribution in [2.45, 2.75) is 20.0 Å². The Morgan fingerprint density at radius 3 is 2.89 bits per heavy atom. The standard InChI is InChI=1S/C21H24N4O2S/c1-15-5-3-7-17-11-18(20(26)24-19(15)17)14-25(21(28)23-9-10-27-2)13-16-6-4-8-22-12-16/h3-8,11-12H,9-10,13-14H2,1-2H3,(H,23,28)(H,24,26). The third-order valence-corrected chi connectivity index (χ3v) is 4.89. The van der Waals surface area contributed by atoms with E-state index in [1.807, 2.05) is 48.2 Å². The van der Waals surface area contributed by atoms with Gasteiger partial charge in [-0.3, -0.25) is 9.78 Å². The Kier molecular flexibility index (Phi) is 6.73. The summed E-state index contributed by atoms with van der Waals surface area (Å²) in [5.41, 5.74) is 3.50. The summed E-state index contributed by atoms with van der Waals surface area (Å²) in [5, 5.41) is 4.77. The first kappa shape index (κ1) is 20.0. The zero-order valence-corrected chi connectivity index (χ0v) is 16.9. The number of benzene rings is 1. The Morgan fingerprint density at radius 2 is 2.14 bits per heavy atom. The summed E-state index contributed by atoms with van der Waals surface area (Å²) in [7, 11) is 1.65. The summed E-state index contributed by atoms with van der Waals surface area (Å²) in [6.45, 7) is 4.09. The van der Waals surface area contributed by atoms with Crippen LogP contribution in [0.3, 0.4) is 0 Å². The number of aryl methyl sites for hydroxylation is 1. The molecule has 0 aliphatic heterocycles. The Morgan fingerprint density at radius 1 is 1.29 bits per heavy atom. The third kappa shape index (κ3) is 4.94. The molecule has 0 saturated carbocycles. The highest BCUT2D eigenvalue weighted by Gasteiger charge is 2.14. The fraction of sp³-hybridized carbons (Fsp3) is 0.286. The molecule has 0 aliphatic rings. The molecule has 0 saturated heterocycles. The maximum absolute atomic E-state index is 12.7. The highest BCUT2D eigenvalue weighted by molar-refractivity contribution is 7.80. The molecule has 0 aliphatic carbocycles. The van der Waals surface area contributed by atoms with Gasteiger partial charge in [-0.15, -0.1) is 0 Å². The lowest BCUT2D eigenvalue weighted by Gasteiger charge is -2.26. The summed E-state index contributed by atoms with van der Waals surface area (Å²) >= 11 is 5.57. The van der Waals surface area contributed by atoms with Crippen molar-refractivity contribution in [3.05, 3.63) is 75.8 Å². The number of aromatic amines is 1. The maximum atomic E-state index is 12.7. The minimum Gasteiger partial charge on any atom is -0.383 e. The third-order valence-electron chi connectivity index (χ3n) is 4.49. The predicted octanol–water partition coefficient (Wildman–Crippen LogP) is 2.75. The average Bonchev–Trinajstić information content (AvgIpc) is 2.69. The van der Waals surface area contributed by atoms with Crippen molar-refractivity contribution in [2.24, 2.45) is 0 Å². The van der Waals surface area contributed by atoms with E-state index in [0.29, 0.717) is 36.9 Å². The van der Waals surface area contributed by atoms with Crippen LogP contribution in [0.2, 0.25) is 0 Å². The van der Waals surface area contributed by atoms with Crippen molar-refractivity contribution in [3.8, 4) is 0 Å². The van der Waals surface area contributed by atoms with E-state index in [1.165, 1.54) is 0 Å². The summed E-state index contributed by atoms with van der Waals surface area (Å²) in [6, 6.07) is 11.8. The number of rotatable bonds is 7. The largest absolute Gasteiger partial charge is 0.383 e. The van der Waals surface area contributed by atoms with Crippen LogP contribution >= 0.6 is 12.2 Å².